The molecule has 1 aromatic rings. The molecule has 9 heteroatoms. The van der Waals surface area contributed by atoms with Crippen molar-refractivity contribution in [3.05, 3.63) is 21.9 Å². The average Bonchev–Trinajstić information content (AvgIpc) is 3.04. The quantitative estimate of drug-likeness (QED) is 0.855. The second kappa shape index (κ2) is 6.98. The van der Waals surface area contributed by atoms with E-state index in [0.717, 1.165) is 11.3 Å². The Labute approximate surface area is 139 Å². The highest BCUT2D eigenvalue weighted by molar-refractivity contribution is 7.89. The Morgan fingerprint density at radius 2 is 1.87 bits per heavy atom. The molecule has 2 heterocycles. The van der Waals surface area contributed by atoms with Crippen molar-refractivity contribution in [3.8, 4) is 0 Å². The van der Waals surface area contributed by atoms with Crippen molar-refractivity contribution in [2.75, 3.05) is 25.9 Å². The normalized spacial score (nSPS) is 16.7. The lowest BCUT2D eigenvalue weighted by atomic mass is 10.1. The van der Waals surface area contributed by atoms with Gasteiger partial charge in [0.1, 0.15) is 4.88 Å². The van der Waals surface area contributed by atoms with Gasteiger partial charge in [-0.3, -0.25) is 4.79 Å². The molecule has 1 aliphatic rings. The van der Waals surface area contributed by atoms with Gasteiger partial charge < -0.3 is 10.0 Å². The van der Waals surface area contributed by atoms with Crippen molar-refractivity contribution in [2.45, 2.75) is 25.8 Å². The molecule has 1 amide bonds. The molecule has 0 saturated carbocycles. The zero-order valence-electron chi connectivity index (χ0n) is 13.1. The topological polar surface area (TPSA) is 95.0 Å². The first-order chi connectivity index (χ1) is 10.8. The molecule has 1 saturated heterocycles. The monoisotopic (exact) mass is 360 g/mol. The van der Waals surface area contributed by atoms with E-state index in [0.29, 0.717) is 30.8 Å². The highest BCUT2D eigenvalue weighted by Crippen LogP contribution is 2.23. The number of carbonyl (C=O) groups excluding carboxylic acids is 1. The van der Waals surface area contributed by atoms with Gasteiger partial charge in [0.05, 0.1) is 10.6 Å². The van der Waals surface area contributed by atoms with Crippen LogP contribution < -0.4 is 0 Å². The van der Waals surface area contributed by atoms with E-state index in [2.05, 4.69) is 0 Å². The lowest BCUT2D eigenvalue weighted by molar-refractivity contribution is 0.0687. The standard InChI is InChI=1S/C14H20N2O5S2/c1-3-23(20,21)15(2)10-6-8-16(9-7-10)13(17)11-4-5-12(22-11)14(18)19/h4-5,10H,3,6-9H2,1-2H3,(H,18,19). The fourth-order valence-corrected chi connectivity index (χ4v) is 4.47. The summed E-state index contributed by atoms with van der Waals surface area (Å²) in [5, 5.41) is 8.91. The van der Waals surface area contributed by atoms with Gasteiger partial charge in [0.25, 0.3) is 5.91 Å². The first-order valence-electron chi connectivity index (χ1n) is 7.34. The highest BCUT2D eigenvalue weighted by atomic mass is 32.2. The van der Waals surface area contributed by atoms with Gasteiger partial charge in [0, 0.05) is 26.2 Å². The number of aromatic carboxylic acids is 1. The lowest BCUT2D eigenvalue weighted by Crippen LogP contribution is -2.47. The molecule has 0 aliphatic carbocycles. The molecular formula is C14H20N2O5S2. The van der Waals surface area contributed by atoms with Crippen LogP contribution in [0.15, 0.2) is 12.1 Å². The summed E-state index contributed by atoms with van der Waals surface area (Å²) in [7, 11) is -1.64. The zero-order valence-corrected chi connectivity index (χ0v) is 14.7. The maximum atomic E-state index is 12.4. The van der Waals surface area contributed by atoms with Gasteiger partial charge in [0.15, 0.2) is 0 Å². The van der Waals surface area contributed by atoms with Crippen molar-refractivity contribution in [1.29, 1.82) is 0 Å². The summed E-state index contributed by atoms with van der Waals surface area (Å²) in [4.78, 5) is 25.4. The van der Waals surface area contributed by atoms with Crippen molar-refractivity contribution in [3.63, 3.8) is 0 Å². The minimum Gasteiger partial charge on any atom is -0.477 e. The van der Waals surface area contributed by atoms with E-state index in [9.17, 15) is 18.0 Å². The Morgan fingerprint density at radius 3 is 2.35 bits per heavy atom. The van der Waals surface area contributed by atoms with E-state index in [1.165, 1.54) is 16.4 Å². The first-order valence-corrected chi connectivity index (χ1v) is 9.77. The number of piperidine rings is 1. The maximum Gasteiger partial charge on any atom is 0.345 e. The lowest BCUT2D eigenvalue weighted by Gasteiger charge is -2.35. The Hall–Kier alpha value is -1.45. The number of rotatable bonds is 5. The molecule has 0 unspecified atom stereocenters. The van der Waals surface area contributed by atoms with E-state index < -0.39 is 16.0 Å². The van der Waals surface area contributed by atoms with E-state index in [1.807, 2.05) is 0 Å². The van der Waals surface area contributed by atoms with Gasteiger partial charge in [-0.2, -0.15) is 0 Å². The number of carboxylic acids is 1. The third-order valence-corrected chi connectivity index (χ3v) is 7.06. The minimum absolute atomic E-state index is 0.0653. The van der Waals surface area contributed by atoms with Crippen LogP contribution in [0.2, 0.25) is 0 Å². The number of carbonyl (C=O) groups is 2. The van der Waals surface area contributed by atoms with Crippen LogP contribution in [0, 0.1) is 0 Å². The molecule has 1 aromatic heterocycles. The number of hydrogen-bond donors (Lipinski definition) is 1. The van der Waals surface area contributed by atoms with Crippen LogP contribution in [0.1, 0.15) is 39.1 Å². The number of amides is 1. The minimum atomic E-state index is -3.23. The average molecular weight is 360 g/mol. The highest BCUT2D eigenvalue weighted by Gasteiger charge is 2.30. The molecule has 0 bridgehead atoms. The Balaban J connectivity index is 1.98. The summed E-state index contributed by atoms with van der Waals surface area (Å²) in [6.45, 7) is 2.54. The molecule has 2 rings (SSSR count). The largest absolute Gasteiger partial charge is 0.477 e. The van der Waals surface area contributed by atoms with Crippen LogP contribution in [-0.4, -0.2) is 66.5 Å². The smallest absolute Gasteiger partial charge is 0.345 e. The zero-order chi connectivity index (χ0) is 17.2. The fourth-order valence-electron chi connectivity index (χ4n) is 2.59. The van der Waals surface area contributed by atoms with Crippen LogP contribution >= 0.6 is 11.3 Å². The molecule has 0 aromatic carbocycles. The fraction of sp³-hybridized carbons (Fsp3) is 0.571. The molecule has 0 atom stereocenters. The molecular weight excluding hydrogens is 340 g/mol. The Morgan fingerprint density at radius 1 is 1.30 bits per heavy atom. The van der Waals surface area contributed by atoms with Crippen LogP contribution in [0.25, 0.3) is 0 Å². The van der Waals surface area contributed by atoms with Gasteiger partial charge >= 0.3 is 5.97 Å². The maximum absolute atomic E-state index is 12.4. The molecule has 1 aliphatic heterocycles. The van der Waals surface area contributed by atoms with Crippen molar-refractivity contribution in [2.24, 2.45) is 0 Å². The summed E-state index contributed by atoms with van der Waals surface area (Å²) in [5.74, 6) is -1.17. The second-order valence-corrected chi connectivity index (χ2v) is 8.81. The third-order valence-electron chi connectivity index (χ3n) is 4.10. The predicted molar refractivity (Wildman–Crippen MR) is 87.4 cm³/mol. The molecule has 0 radical (unpaired) electrons. The number of hydrogen-bond acceptors (Lipinski definition) is 5. The Kier molecular flexibility index (Phi) is 5.43. The van der Waals surface area contributed by atoms with Crippen LogP contribution in [0.3, 0.4) is 0 Å². The predicted octanol–water partition coefficient (Wildman–Crippen LogP) is 1.33. The SMILES string of the molecule is CCS(=O)(=O)N(C)C1CCN(C(=O)c2ccc(C(=O)O)s2)CC1. The van der Waals surface area contributed by atoms with E-state index >= 15 is 0 Å². The van der Waals surface area contributed by atoms with Crippen molar-refractivity contribution < 1.29 is 23.1 Å². The molecule has 128 valence electrons. The number of nitrogens with zero attached hydrogens (tertiary/aromatic N) is 2. The van der Waals surface area contributed by atoms with Gasteiger partial charge in [-0.1, -0.05) is 0 Å². The van der Waals surface area contributed by atoms with Crippen LogP contribution in [-0.2, 0) is 10.0 Å². The molecule has 1 fully saturated rings. The van der Waals surface area contributed by atoms with Crippen LogP contribution in [0.4, 0.5) is 0 Å². The Bertz CT molecular complexity index is 690. The van der Waals surface area contributed by atoms with Gasteiger partial charge in [-0.25, -0.2) is 17.5 Å². The second-order valence-electron chi connectivity index (χ2n) is 5.41. The van der Waals surface area contributed by atoms with E-state index in [4.69, 9.17) is 5.11 Å². The number of thiophene rings is 1. The summed E-state index contributed by atoms with van der Waals surface area (Å²) < 4.78 is 25.2. The van der Waals surface area contributed by atoms with Gasteiger partial charge in [-0.15, -0.1) is 11.3 Å². The summed E-state index contributed by atoms with van der Waals surface area (Å²) >= 11 is 0.961. The van der Waals surface area contributed by atoms with Gasteiger partial charge in [-0.05, 0) is 31.9 Å². The number of sulfonamides is 1. The van der Waals surface area contributed by atoms with E-state index in [1.54, 1.807) is 18.9 Å². The third kappa shape index (κ3) is 3.91. The molecule has 1 N–H and O–H groups in total. The number of carboxylic acid groups (broad SMARTS) is 1. The summed E-state index contributed by atoms with van der Waals surface area (Å²) in [5.41, 5.74) is 0. The summed E-state index contributed by atoms with van der Waals surface area (Å²) in [6, 6.07) is 2.85. The summed E-state index contributed by atoms with van der Waals surface area (Å²) in [6.07, 6.45) is 1.16. The van der Waals surface area contributed by atoms with Gasteiger partial charge in [0.2, 0.25) is 10.0 Å². The van der Waals surface area contributed by atoms with Crippen LogP contribution in [0.5, 0.6) is 0 Å². The molecule has 7 nitrogen and oxygen atoms in total. The van der Waals surface area contributed by atoms with Crippen molar-refractivity contribution in [1.82, 2.24) is 9.21 Å². The molecule has 23 heavy (non-hydrogen) atoms. The first kappa shape index (κ1) is 17.9. The number of likely N-dealkylation sites (tertiary alicyclic amines) is 1. The molecule has 0 spiro atoms. The van der Waals surface area contributed by atoms with E-state index in [-0.39, 0.29) is 22.6 Å². The van der Waals surface area contributed by atoms with Crippen molar-refractivity contribution >= 4 is 33.2 Å².